The van der Waals surface area contributed by atoms with Crippen LogP contribution < -0.4 is 16.4 Å². The summed E-state index contributed by atoms with van der Waals surface area (Å²) in [6, 6.07) is 3.08. The quantitative estimate of drug-likeness (QED) is 0.694. The Labute approximate surface area is 98.2 Å². The predicted octanol–water partition coefficient (Wildman–Crippen LogP) is 0.504. The molecule has 7 heteroatoms. The van der Waals surface area contributed by atoms with Crippen molar-refractivity contribution in [3.8, 4) is 0 Å². The predicted molar refractivity (Wildman–Crippen MR) is 59.4 cm³/mol. The average molecular weight is 290 g/mol. The van der Waals surface area contributed by atoms with Gasteiger partial charge in [0.05, 0.1) is 3.79 Å². The maximum Gasteiger partial charge on any atom is 0.322 e. The number of carbonyl (C=O) groups is 2. The third-order valence-electron chi connectivity index (χ3n) is 2.24. The normalized spacial score (nSPS) is 25.2. The SMILES string of the molecule is NCC1(c2ccc(Br)s2)NC(=O)NC1=O. The number of carbonyl (C=O) groups excluding carboxylic acids is 2. The number of nitrogens with two attached hydrogens (primary N) is 1. The molecule has 15 heavy (non-hydrogen) atoms. The number of urea groups is 1. The van der Waals surface area contributed by atoms with E-state index in [0.717, 1.165) is 8.66 Å². The first-order valence-corrected chi connectivity index (χ1v) is 5.79. The molecule has 0 saturated carbocycles. The minimum absolute atomic E-state index is 0.0392. The second kappa shape index (κ2) is 3.58. The van der Waals surface area contributed by atoms with Crippen LogP contribution in [-0.4, -0.2) is 18.5 Å². The van der Waals surface area contributed by atoms with E-state index in [0.29, 0.717) is 0 Å². The van der Waals surface area contributed by atoms with Crippen LogP contribution in [0.2, 0.25) is 0 Å². The Morgan fingerprint density at radius 2 is 2.20 bits per heavy atom. The molecule has 1 atom stereocenters. The van der Waals surface area contributed by atoms with E-state index in [-0.39, 0.29) is 6.54 Å². The summed E-state index contributed by atoms with van der Waals surface area (Å²) in [5, 5.41) is 4.75. The number of hydrogen-bond acceptors (Lipinski definition) is 4. The lowest BCUT2D eigenvalue weighted by molar-refractivity contribution is -0.123. The lowest BCUT2D eigenvalue weighted by atomic mass is 9.98. The first-order chi connectivity index (χ1) is 7.08. The van der Waals surface area contributed by atoms with Gasteiger partial charge in [-0.2, -0.15) is 0 Å². The van der Waals surface area contributed by atoms with E-state index in [1.807, 2.05) is 6.07 Å². The second-order valence-corrected chi connectivity index (χ2v) is 5.58. The van der Waals surface area contributed by atoms with Gasteiger partial charge in [-0.05, 0) is 28.1 Å². The van der Waals surface area contributed by atoms with Crippen LogP contribution in [0.25, 0.3) is 0 Å². The zero-order valence-electron chi connectivity index (χ0n) is 7.54. The Morgan fingerprint density at radius 1 is 1.47 bits per heavy atom. The van der Waals surface area contributed by atoms with Crippen molar-refractivity contribution < 1.29 is 9.59 Å². The number of rotatable bonds is 2. The molecule has 1 saturated heterocycles. The molecule has 5 nitrogen and oxygen atoms in total. The lowest BCUT2D eigenvalue weighted by Gasteiger charge is -2.22. The number of nitrogens with one attached hydrogen (secondary N) is 2. The summed E-state index contributed by atoms with van der Waals surface area (Å²) in [7, 11) is 0. The van der Waals surface area contributed by atoms with E-state index in [1.54, 1.807) is 6.07 Å². The molecule has 1 aliphatic rings. The van der Waals surface area contributed by atoms with Gasteiger partial charge in [0.15, 0.2) is 5.54 Å². The van der Waals surface area contributed by atoms with Crippen LogP contribution in [0.5, 0.6) is 0 Å². The Bertz CT molecular complexity index is 433. The van der Waals surface area contributed by atoms with E-state index in [1.165, 1.54) is 11.3 Å². The van der Waals surface area contributed by atoms with Crippen molar-refractivity contribution >= 4 is 39.2 Å². The topological polar surface area (TPSA) is 84.2 Å². The van der Waals surface area contributed by atoms with Gasteiger partial charge in [-0.15, -0.1) is 11.3 Å². The molecular formula is C8H8BrN3O2S. The van der Waals surface area contributed by atoms with Gasteiger partial charge in [0.25, 0.3) is 5.91 Å². The summed E-state index contributed by atoms with van der Waals surface area (Å²) in [6.45, 7) is 0.0392. The van der Waals surface area contributed by atoms with Crippen LogP contribution in [0.15, 0.2) is 15.9 Å². The second-order valence-electron chi connectivity index (χ2n) is 3.12. The van der Waals surface area contributed by atoms with Gasteiger partial charge >= 0.3 is 6.03 Å². The Balaban J connectivity index is 2.46. The highest BCUT2D eigenvalue weighted by Gasteiger charge is 2.47. The molecule has 0 aromatic carbocycles. The van der Waals surface area contributed by atoms with Gasteiger partial charge in [0.1, 0.15) is 0 Å². The molecule has 1 fully saturated rings. The highest BCUT2D eigenvalue weighted by atomic mass is 79.9. The number of amides is 3. The van der Waals surface area contributed by atoms with Crippen LogP contribution in [-0.2, 0) is 10.3 Å². The van der Waals surface area contributed by atoms with Crippen LogP contribution in [0.4, 0.5) is 4.79 Å². The third kappa shape index (κ3) is 1.56. The van der Waals surface area contributed by atoms with Crippen LogP contribution >= 0.6 is 27.3 Å². The van der Waals surface area contributed by atoms with Gasteiger partial charge in [0, 0.05) is 11.4 Å². The lowest BCUT2D eigenvalue weighted by Crippen LogP contribution is -2.49. The molecule has 0 spiro atoms. The highest BCUT2D eigenvalue weighted by Crippen LogP contribution is 2.32. The molecule has 0 bridgehead atoms. The Hall–Kier alpha value is -0.920. The van der Waals surface area contributed by atoms with Crippen molar-refractivity contribution in [2.75, 3.05) is 6.54 Å². The van der Waals surface area contributed by atoms with E-state index in [2.05, 4.69) is 26.6 Å². The number of hydrogen-bond donors (Lipinski definition) is 3. The highest BCUT2D eigenvalue weighted by molar-refractivity contribution is 9.11. The molecule has 1 aromatic rings. The molecular weight excluding hydrogens is 282 g/mol. The van der Waals surface area contributed by atoms with Gasteiger partial charge in [0.2, 0.25) is 0 Å². The van der Waals surface area contributed by atoms with Crippen LogP contribution in [0.3, 0.4) is 0 Å². The summed E-state index contributed by atoms with van der Waals surface area (Å²) in [6.07, 6.45) is 0. The molecule has 1 unspecified atom stereocenters. The molecule has 0 aliphatic carbocycles. The Morgan fingerprint density at radius 3 is 2.60 bits per heavy atom. The fraction of sp³-hybridized carbons (Fsp3) is 0.250. The number of thiophene rings is 1. The minimum Gasteiger partial charge on any atom is -0.327 e. The van der Waals surface area contributed by atoms with Gasteiger partial charge in [-0.3, -0.25) is 10.1 Å². The standard InChI is InChI=1S/C8H8BrN3O2S/c9-5-2-1-4(15-5)8(3-10)6(13)11-7(14)12-8/h1-2H,3,10H2,(H2,11,12,13,14). The van der Waals surface area contributed by atoms with E-state index in [4.69, 9.17) is 5.73 Å². The zero-order valence-corrected chi connectivity index (χ0v) is 9.94. The van der Waals surface area contributed by atoms with E-state index < -0.39 is 17.5 Å². The van der Waals surface area contributed by atoms with Crippen molar-refractivity contribution in [2.24, 2.45) is 5.73 Å². The van der Waals surface area contributed by atoms with Crippen molar-refractivity contribution in [1.82, 2.24) is 10.6 Å². The smallest absolute Gasteiger partial charge is 0.322 e. The molecule has 80 valence electrons. The third-order valence-corrected chi connectivity index (χ3v) is 4.03. The van der Waals surface area contributed by atoms with Crippen molar-refractivity contribution in [3.05, 3.63) is 20.8 Å². The number of halogens is 1. The maximum absolute atomic E-state index is 11.7. The molecule has 2 heterocycles. The minimum atomic E-state index is -1.10. The Kier molecular flexibility index (Phi) is 2.53. The molecule has 1 aliphatic heterocycles. The average Bonchev–Trinajstić information content (AvgIpc) is 2.71. The van der Waals surface area contributed by atoms with E-state index >= 15 is 0 Å². The van der Waals surface area contributed by atoms with Crippen molar-refractivity contribution in [1.29, 1.82) is 0 Å². The van der Waals surface area contributed by atoms with Gasteiger partial charge in [-0.1, -0.05) is 0 Å². The zero-order chi connectivity index (χ0) is 11.1. The maximum atomic E-state index is 11.7. The fourth-order valence-electron chi connectivity index (χ4n) is 1.45. The summed E-state index contributed by atoms with van der Waals surface area (Å²) in [5.74, 6) is -0.399. The molecule has 4 N–H and O–H groups in total. The van der Waals surface area contributed by atoms with Crippen molar-refractivity contribution in [3.63, 3.8) is 0 Å². The number of imide groups is 1. The summed E-state index contributed by atoms with van der Waals surface area (Å²) < 4.78 is 0.888. The van der Waals surface area contributed by atoms with E-state index in [9.17, 15) is 9.59 Å². The first kappa shape index (κ1) is 10.6. The molecule has 2 rings (SSSR count). The van der Waals surface area contributed by atoms with Gasteiger partial charge in [-0.25, -0.2) is 4.79 Å². The molecule has 3 amide bonds. The first-order valence-electron chi connectivity index (χ1n) is 4.18. The molecule has 1 aromatic heterocycles. The van der Waals surface area contributed by atoms with Crippen LogP contribution in [0.1, 0.15) is 4.88 Å². The van der Waals surface area contributed by atoms with Gasteiger partial charge < -0.3 is 11.1 Å². The summed E-state index contributed by atoms with van der Waals surface area (Å²) in [4.78, 5) is 23.5. The fourth-order valence-corrected chi connectivity index (χ4v) is 2.99. The summed E-state index contributed by atoms with van der Waals surface area (Å²) >= 11 is 4.68. The largest absolute Gasteiger partial charge is 0.327 e. The summed E-state index contributed by atoms with van der Waals surface area (Å²) in [5.41, 5.74) is 4.48. The monoisotopic (exact) mass is 289 g/mol. The molecule has 0 radical (unpaired) electrons. The van der Waals surface area contributed by atoms with Crippen molar-refractivity contribution in [2.45, 2.75) is 5.54 Å². The van der Waals surface area contributed by atoms with Crippen LogP contribution in [0, 0.1) is 0 Å².